The fourth-order valence-electron chi connectivity index (χ4n) is 2.21. The Morgan fingerprint density at radius 2 is 2.11 bits per heavy atom. The van der Waals surface area contributed by atoms with Gasteiger partial charge in [-0.15, -0.1) is 11.8 Å². The van der Waals surface area contributed by atoms with E-state index in [0.29, 0.717) is 5.25 Å². The lowest BCUT2D eigenvalue weighted by Gasteiger charge is -2.22. The van der Waals surface area contributed by atoms with E-state index in [1.807, 2.05) is 23.5 Å². The lowest BCUT2D eigenvalue weighted by molar-refractivity contribution is 0.865. The van der Waals surface area contributed by atoms with E-state index in [0.717, 1.165) is 42.5 Å². The Bertz CT molecular complexity index is 417. The molecule has 2 rings (SSSR count). The van der Waals surface area contributed by atoms with Crippen LogP contribution in [0, 0.1) is 6.92 Å². The molecule has 106 valence electrons. The third kappa shape index (κ3) is 3.78. The largest absolute Gasteiger partial charge is 0.370 e. The Morgan fingerprint density at radius 1 is 1.26 bits per heavy atom. The van der Waals surface area contributed by atoms with E-state index in [1.165, 1.54) is 17.1 Å². The van der Waals surface area contributed by atoms with Gasteiger partial charge in [0.2, 0.25) is 0 Å². The maximum atomic E-state index is 4.81. The first-order chi connectivity index (χ1) is 9.26. The van der Waals surface area contributed by atoms with E-state index >= 15 is 0 Å². The highest BCUT2D eigenvalue weighted by Gasteiger charge is 2.21. The molecule has 0 spiro atoms. The van der Waals surface area contributed by atoms with Crippen molar-refractivity contribution in [1.29, 1.82) is 0 Å². The van der Waals surface area contributed by atoms with Crippen LogP contribution in [0.1, 0.15) is 42.6 Å². The van der Waals surface area contributed by atoms with Gasteiger partial charge in [-0.25, -0.2) is 9.97 Å². The molecule has 2 heterocycles. The second-order valence-corrected chi connectivity index (χ2v) is 7.17. The number of aryl methyl sites for hydroxylation is 1. The Hall–Kier alpha value is -0.420. The first-order valence-electron chi connectivity index (χ1n) is 7.06. The van der Waals surface area contributed by atoms with Crippen molar-refractivity contribution in [3.05, 3.63) is 17.1 Å². The number of aromatic nitrogens is 2. The van der Waals surface area contributed by atoms with Crippen molar-refractivity contribution >= 4 is 29.3 Å². The summed E-state index contributed by atoms with van der Waals surface area (Å²) >= 11 is 4.01. The molecule has 19 heavy (non-hydrogen) atoms. The molecular weight excluding hydrogens is 274 g/mol. The number of thioether (sulfide) groups is 2. The summed E-state index contributed by atoms with van der Waals surface area (Å²) in [5, 5.41) is 3.93. The number of hydrogen-bond acceptors (Lipinski definition) is 5. The van der Waals surface area contributed by atoms with Crippen molar-refractivity contribution in [3.63, 3.8) is 0 Å². The van der Waals surface area contributed by atoms with Crippen LogP contribution in [0.25, 0.3) is 0 Å². The van der Waals surface area contributed by atoms with Crippen molar-refractivity contribution in [2.45, 2.75) is 38.9 Å². The van der Waals surface area contributed by atoms with Gasteiger partial charge in [0.15, 0.2) is 0 Å². The Labute approximate surface area is 124 Å². The van der Waals surface area contributed by atoms with Gasteiger partial charge in [0.25, 0.3) is 0 Å². The fourth-order valence-corrected chi connectivity index (χ4v) is 4.81. The Kier molecular flexibility index (Phi) is 5.82. The highest BCUT2D eigenvalue weighted by atomic mass is 32.2. The van der Waals surface area contributed by atoms with E-state index in [2.05, 4.69) is 26.1 Å². The average molecular weight is 297 g/mol. The van der Waals surface area contributed by atoms with Crippen LogP contribution in [0.2, 0.25) is 0 Å². The van der Waals surface area contributed by atoms with E-state index in [9.17, 15) is 0 Å². The van der Waals surface area contributed by atoms with Crippen molar-refractivity contribution < 1.29 is 0 Å². The Morgan fingerprint density at radius 3 is 2.74 bits per heavy atom. The van der Waals surface area contributed by atoms with E-state index < -0.39 is 0 Å². The van der Waals surface area contributed by atoms with Crippen molar-refractivity contribution in [2.24, 2.45) is 0 Å². The van der Waals surface area contributed by atoms with Crippen LogP contribution >= 0.6 is 23.5 Å². The summed E-state index contributed by atoms with van der Waals surface area (Å²) in [6.07, 6.45) is 2.11. The van der Waals surface area contributed by atoms with Gasteiger partial charge in [-0.3, -0.25) is 0 Å². The molecule has 1 aromatic heterocycles. The lowest BCUT2D eigenvalue weighted by Crippen LogP contribution is -2.15. The van der Waals surface area contributed by atoms with E-state index in [1.54, 1.807) is 0 Å². The molecular formula is C14H23N3S2. The SMILES string of the molecule is CCCNc1nc(C2CSCCS2)nc(C)c1CC. The molecule has 3 nitrogen and oxygen atoms in total. The maximum Gasteiger partial charge on any atom is 0.144 e. The molecule has 0 bridgehead atoms. The second-order valence-electron chi connectivity index (χ2n) is 4.71. The molecule has 0 saturated carbocycles. The van der Waals surface area contributed by atoms with Gasteiger partial charge < -0.3 is 5.32 Å². The molecule has 1 aliphatic heterocycles. The monoisotopic (exact) mass is 297 g/mol. The standard InChI is InChI=1S/C14H23N3S2/c1-4-6-15-13-11(5-2)10(3)16-14(17-13)12-9-18-7-8-19-12/h12H,4-9H2,1-3H3,(H,15,16,17). The third-order valence-corrected chi connectivity index (χ3v) is 5.98. The summed E-state index contributed by atoms with van der Waals surface area (Å²) in [5.41, 5.74) is 2.41. The Balaban J connectivity index is 2.26. The molecule has 0 radical (unpaired) electrons. The number of rotatable bonds is 5. The molecule has 1 aliphatic rings. The fraction of sp³-hybridized carbons (Fsp3) is 0.714. The van der Waals surface area contributed by atoms with Gasteiger partial charge in [0.1, 0.15) is 11.6 Å². The maximum absolute atomic E-state index is 4.81. The minimum absolute atomic E-state index is 0.463. The van der Waals surface area contributed by atoms with Crippen LogP contribution in [0.5, 0.6) is 0 Å². The number of hydrogen-bond donors (Lipinski definition) is 1. The summed E-state index contributed by atoms with van der Waals surface area (Å²) in [4.78, 5) is 9.56. The zero-order chi connectivity index (χ0) is 13.7. The summed E-state index contributed by atoms with van der Waals surface area (Å²) in [6.45, 7) is 7.45. The molecule has 0 aliphatic carbocycles. The van der Waals surface area contributed by atoms with Crippen LogP contribution in [0.3, 0.4) is 0 Å². The van der Waals surface area contributed by atoms with Crippen LogP contribution < -0.4 is 5.32 Å². The van der Waals surface area contributed by atoms with Gasteiger partial charge >= 0.3 is 0 Å². The van der Waals surface area contributed by atoms with Crippen LogP contribution in [0.15, 0.2) is 0 Å². The van der Waals surface area contributed by atoms with Crippen molar-refractivity contribution in [2.75, 3.05) is 29.1 Å². The first-order valence-corrected chi connectivity index (χ1v) is 9.27. The molecule has 1 fully saturated rings. The third-order valence-electron chi connectivity index (χ3n) is 3.23. The first kappa shape index (κ1) is 15.0. The lowest BCUT2D eigenvalue weighted by atomic mass is 10.1. The van der Waals surface area contributed by atoms with Gasteiger partial charge in [-0.05, 0) is 19.8 Å². The molecule has 0 aromatic carbocycles. The molecule has 1 saturated heterocycles. The predicted molar refractivity (Wildman–Crippen MR) is 87.5 cm³/mol. The molecule has 5 heteroatoms. The summed E-state index contributed by atoms with van der Waals surface area (Å²) in [7, 11) is 0. The van der Waals surface area contributed by atoms with E-state index in [-0.39, 0.29) is 0 Å². The zero-order valence-electron chi connectivity index (χ0n) is 12.0. The van der Waals surface area contributed by atoms with Crippen molar-refractivity contribution in [3.8, 4) is 0 Å². The smallest absolute Gasteiger partial charge is 0.144 e. The summed E-state index contributed by atoms with van der Waals surface area (Å²) < 4.78 is 0. The normalized spacial score (nSPS) is 19.4. The average Bonchev–Trinajstić information content (AvgIpc) is 2.45. The predicted octanol–water partition coefficient (Wildman–Crippen LogP) is 3.69. The minimum atomic E-state index is 0.463. The molecule has 1 aromatic rings. The number of nitrogens with zero attached hydrogens (tertiary/aromatic N) is 2. The summed E-state index contributed by atoms with van der Waals surface area (Å²) in [6, 6.07) is 0. The van der Waals surface area contributed by atoms with E-state index in [4.69, 9.17) is 9.97 Å². The topological polar surface area (TPSA) is 37.8 Å². The molecule has 1 atom stereocenters. The van der Waals surface area contributed by atoms with Crippen molar-refractivity contribution in [1.82, 2.24) is 9.97 Å². The van der Waals surface area contributed by atoms with Gasteiger partial charge in [0.05, 0.1) is 5.25 Å². The van der Waals surface area contributed by atoms with Gasteiger partial charge in [-0.1, -0.05) is 13.8 Å². The van der Waals surface area contributed by atoms with Gasteiger partial charge in [-0.2, -0.15) is 11.8 Å². The van der Waals surface area contributed by atoms with Crippen LogP contribution in [0.4, 0.5) is 5.82 Å². The minimum Gasteiger partial charge on any atom is -0.370 e. The molecule has 1 N–H and O–H groups in total. The highest BCUT2D eigenvalue weighted by molar-refractivity contribution is 8.06. The van der Waals surface area contributed by atoms with Crippen LogP contribution in [-0.4, -0.2) is 33.8 Å². The van der Waals surface area contributed by atoms with Crippen LogP contribution in [-0.2, 0) is 6.42 Å². The molecule has 0 amide bonds. The highest BCUT2D eigenvalue weighted by Crippen LogP contribution is 2.36. The summed E-state index contributed by atoms with van der Waals surface area (Å²) in [5.74, 6) is 5.69. The number of anilines is 1. The second kappa shape index (κ2) is 7.39. The zero-order valence-corrected chi connectivity index (χ0v) is 13.7. The molecule has 1 unspecified atom stereocenters. The van der Waals surface area contributed by atoms with Gasteiger partial charge in [0, 0.05) is 35.1 Å². The quantitative estimate of drug-likeness (QED) is 0.897. The number of nitrogens with one attached hydrogen (secondary N) is 1.